The monoisotopic (exact) mass is 220 g/mol. The molecule has 0 saturated carbocycles. The Morgan fingerprint density at radius 3 is 2.31 bits per heavy atom. The molecule has 0 fully saturated rings. The molecule has 0 aliphatic rings. The number of allylic oxidation sites excluding steroid dienone is 1. The molecule has 0 heterocycles. The zero-order chi connectivity index (χ0) is 10.6. The lowest BCUT2D eigenvalue weighted by atomic mass is 10.2. The minimum Gasteiger partial charge on any atom is -0.478 e. The maximum Gasteiger partial charge on any atom is 0.330 e. The number of carboxylic acids is 1. The number of aliphatic carboxylic acids is 1. The van der Waals surface area contributed by atoms with Crippen LogP contribution in [0.3, 0.4) is 0 Å². The SMILES string of the molecule is CCC(C=C(C)C(=O)O)[Si](C)(C)Cl. The van der Waals surface area contributed by atoms with Gasteiger partial charge < -0.3 is 5.11 Å². The highest BCUT2D eigenvalue weighted by atomic mass is 35.6. The Hall–Kier alpha value is -0.283. The summed E-state index contributed by atoms with van der Waals surface area (Å²) in [5.74, 6) is -0.853. The minimum absolute atomic E-state index is 0.241. The highest BCUT2D eigenvalue weighted by molar-refractivity contribution is 7.20. The summed E-state index contributed by atoms with van der Waals surface area (Å²) in [6.45, 7) is 7.72. The van der Waals surface area contributed by atoms with Crippen molar-refractivity contribution in [1.29, 1.82) is 0 Å². The Balaban J connectivity index is 4.64. The second-order valence-corrected chi connectivity index (χ2v) is 10.5. The predicted octanol–water partition coefficient (Wildman–Crippen LogP) is 3.24. The average molecular weight is 221 g/mol. The van der Waals surface area contributed by atoms with E-state index >= 15 is 0 Å². The van der Waals surface area contributed by atoms with E-state index in [4.69, 9.17) is 16.2 Å². The van der Waals surface area contributed by atoms with Crippen LogP contribution in [0.15, 0.2) is 11.6 Å². The van der Waals surface area contributed by atoms with Gasteiger partial charge in [0, 0.05) is 5.57 Å². The molecule has 0 aliphatic carbocycles. The van der Waals surface area contributed by atoms with Gasteiger partial charge in [-0.2, -0.15) is 11.1 Å². The van der Waals surface area contributed by atoms with E-state index in [0.717, 1.165) is 6.42 Å². The number of hydrogen-bond donors (Lipinski definition) is 1. The summed E-state index contributed by atoms with van der Waals surface area (Å²) >= 11 is 6.25. The molecule has 13 heavy (non-hydrogen) atoms. The van der Waals surface area contributed by atoms with Gasteiger partial charge in [0.05, 0.1) is 0 Å². The first-order valence-corrected chi connectivity index (χ1v) is 8.48. The third-order valence-corrected chi connectivity index (χ3v) is 5.29. The lowest BCUT2D eigenvalue weighted by molar-refractivity contribution is -0.132. The average Bonchev–Trinajstić information content (AvgIpc) is 1.96. The van der Waals surface area contributed by atoms with E-state index in [9.17, 15) is 4.79 Å². The van der Waals surface area contributed by atoms with Crippen molar-refractivity contribution < 1.29 is 9.90 Å². The Kier molecular flexibility index (Phi) is 4.71. The van der Waals surface area contributed by atoms with E-state index in [1.54, 1.807) is 13.0 Å². The number of carboxylic acid groups (broad SMARTS) is 1. The zero-order valence-corrected chi connectivity index (χ0v) is 10.4. The van der Waals surface area contributed by atoms with Crippen LogP contribution < -0.4 is 0 Å². The van der Waals surface area contributed by atoms with Gasteiger partial charge in [-0.1, -0.05) is 32.5 Å². The molecule has 76 valence electrons. The third kappa shape index (κ3) is 4.48. The minimum atomic E-state index is -1.76. The molecule has 0 spiro atoms. The van der Waals surface area contributed by atoms with Gasteiger partial charge in [-0.05, 0) is 12.5 Å². The van der Waals surface area contributed by atoms with Crippen LogP contribution in [-0.2, 0) is 4.79 Å². The van der Waals surface area contributed by atoms with Crippen LogP contribution in [0.4, 0.5) is 0 Å². The summed E-state index contributed by atoms with van der Waals surface area (Å²) in [6, 6.07) is 0. The van der Waals surface area contributed by atoms with Gasteiger partial charge in [0.2, 0.25) is 0 Å². The number of halogens is 1. The molecule has 1 N–H and O–H groups in total. The van der Waals surface area contributed by atoms with E-state index < -0.39 is 13.4 Å². The van der Waals surface area contributed by atoms with Crippen LogP contribution >= 0.6 is 11.1 Å². The second-order valence-electron chi connectivity index (χ2n) is 3.73. The Morgan fingerprint density at radius 1 is 1.62 bits per heavy atom. The first-order chi connectivity index (χ1) is 5.79. The number of carbonyl (C=O) groups is 1. The quantitative estimate of drug-likeness (QED) is 0.449. The van der Waals surface area contributed by atoms with E-state index in [1.165, 1.54) is 0 Å². The fourth-order valence-electron chi connectivity index (χ4n) is 1.17. The molecular formula is C9H17ClO2Si. The lowest BCUT2D eigenvalue weighted by Crippen LogP contribution is -2.24. The van der Waals surface area contributed by atoms with Crippen molar-refractivity contribution in [1.82, 2.24) is 0 Å². The third-order valence-electron chi connectivity index (χ3n) is 2.11. The molecule has 0 saturated heterocycles. The topological polar surface area (TPSA) is 37.3 Å². The van der Waals surface area contributed by atoms with Gasteiger partial charge in [-0.25, -0.2) is 4.79 Å². The Morgan fingerprint density at radius 2 is 2.08 bits per heavy atom. The molecule has 0 aromatic carbocycles. The van der Waals surface area contributed by atoms with Crippen LogP contribution in [0, 0.1) is 0 Å². The molecule has 0 aromatic rings. The standard InChI is InChI=1S/C9H17ClO2Si/c1-5-8(13(3,4)10)6-7(2)9(11)12/h6,8H,5H2,1-4H3,(H,11,12). The summed E-state index contributed by atoms with van der Waals surface area (Å²) in [4.78, 5) is 10.6. The van der Waals surface area contributed by atoms with Crippen LogP contribution in [0.5, 0.6) is 0 Å². The molecule has 1 atom stereocenters. The molecule has 0 bridgehead atoms. The molecular weight excluding hydrogens is 204 g/mol. The van der Waals surface area contributed by atoms with Gasteiger partial charge in [-0.15, -0.1) is 0 Å². The van der Waals surface area contributed by atoms with Gasteiger partial charge in [0.15, 0.2) is 7.38 Å². The van der Waals surface area contributed by atoms with Gasteiger partial charge in [0.1, 0.15) is 0 Å². The van der Waals surface area contributed by atoms with Crippen LogP contribution in [0.25, 0.3) is 0 Å². The van der Waals surface area contributed by atoms with E-state index in [-0.39, 0.29) is 5.54 Å². The first-order valence-electron chi connectivity index (χ1n) is 4.39. The Labute approximate surface area is 85.3 Å². The lowest BCUT2D eigenvalue weighted by Gasteiger charge is -2.22. The highest BCUT2D eigenvalue weighted by Crippen LogP contribution is 2.30. The van der Waals surface area contributed by atoms with Crippen LogP contribution in [0.1, 0.15) is 20.3 Å². The van der Waals surface area contributed by atoms with Crippen molar-refractivity contribution in [2.45, 2.75) is 38.9 Å². The highest BCUT2D eigenvalue weighted by Gasteiger charge is 2.27. The van der Waals surface area contributed by atoms with Gasteiger partial charge >= 0.3 is 5.97 Å². The van der Waals surface area contributed by atoms with Crippen molar-refractivity contribution in [2.75, 3.05) is 0 Å². The largest absolute Gasteiger partial charge is 0.478 e. The second kappa shape index (κ2) is 4.82. The maximum absolute atomic E-state index is 10.6. The van der Waals surface area contributed by atoms with E-state index in [1.807, 2.05) is 20.0 Å². The van der Waals surface area contributed by atoms with E-state index in [0.29, 0.717) is 5.57 Å². The van der Waals surface area contributed by atoms with Crippen molar-refractivity contribution in [3.05, 3.63) is 11.6 Å². The van der Waals surface area contributed by atoms with Gasteiger partial charge in [0.25, 0.3) is 0 Å². The van der Waals surface area contributed by atoms with Crippen molar-refractivity contribution >= 4 is 24.4 Å². The van der Waals surface area contributed by atoms with Gasteiger partial charge in [-0.3, -0.25) is 0 Å². The maximum atomic E-state index is 10.6. The molecule has 1 unspecified atom stereocenters. The van der Waals surface area contributed by atoms with Crippen LogP contribution in [-0.4, -0.2) is 18.5 Å². The Bertz CT molecular complexity index is 218. The predicted molar refractivity (Wildman–Crippen MR) is 58.8 cm³/mol. The van der Waals surface area contributed by atoms with Crippen molar-refractivity contribution in [2.24, 2.45) is 0 Å². The van der Waals surface area contributed by atoms with E-state index in [2.05, 4.69) is 0 Å². The summed E-state index contributed by atoms with van der Waals surface area (Å²) in [5, 5.41) is 8.70. The molecule has 0 amide bonds. The molecule has 0 aromatic heterocycles. The molecule has 2 nitrogen and oxygen atoms in total. The summed E-state index contributed by atoms with van der Waals surface area (Å²) in [7, 11) is -1.76. The first kappa shape index (κ1) is 12.7. The molecule has 0 radical (unpaired) electrons. The normalized spacial score (nSPS) is 15.6. The zero-order valence-electron chi connectivity index (χ0n) is 8.60. The molecule has 0 rings (SSSR count). The fourth-order valence-corrected chi connectivity index (χ4v) is 3.44. The smallest absolute Gasteiger partial charge is 0.330 e. The molecule has 0 aliphatic heterocycles. The fraction of sp³-hybridized carbons (Fsp3) is 0.667. The van der Waals surface area contributed by atoms with Crippen LogP contribution in [0.2, 0.25) is 18.6 Å². The van der Waals surface area contributed by atoms with Crippen molar-refractivity contribution in [3.8, 4) is 0 Å². The number of rotatable bonds is 4. The molecule has 4 heteroatoms. The van der Waals surface area contributed by atoms with Crippen molar-refractivity contribution in [3.63, 3.8) is 0 Å². The number of hydrogen-bond acceptors (Lipinski definition) is 1. The summed E-state index contributed by atoms with van der Waals surface area (Å²) in [6.07, 6.45) is 2.70. The summed E-state index contributed by atoms with van der Waals surface area (Å²) in [5.41, 5.74) is 0.637. The summed E-state index contributed by atoms with van der Waals surface area (Å²) < 4.78 is 0.